The van der Waals surface area contributed by atoms with Crippen molar-refractivity contribution >= 4 is 33.9 Å². The van der Waals surface area contributed by atoms with Gasteiger partial charge in [0.2, 0.25) is 5.91 Å². The second kappa shape index (κ2) is 10.4. The van der Waals surface area contributed by atoms with E-state index in [9.17, 15) is 9.00 Å². The lowest BCUT2D eigenvalue weighted by Crippen LogP contribution is -2.41. The van der Waals surface area contributed by atoms with Crippen LogP contribution in [-0.4, -0.2) is 60.7 Å². The number of carbonyl (C=O) groups is 1. The summed E-state index contributed by atoms with van der Waals surface area (Å²) < 4.78 is 17.0. The molecule has 1 unspecified atom stereocenters. The number of fused-ring (bicyclic) bond motifs is 1. The molecule has 1 saturated heterocycles. The molecule has 0 spiro atoms. The van der Waals surface area contributed by atoms with E-state index in [1.54, 1.807) is 6.26 Å². The van der Waals surface area contributed by atoms with Crippen LogP contribution in [0.3, 0.4) is 0 Å². The van der Waals surface area contributed by atoms with Crippen molar-refractivity contribution in [1.82, 2.24) is 10.2 Å². The van der Waals surface area contributed by atoms with Gasteiger partial charge < -0.3 is 10.1 Å². The molecule has 1 fully saturated rings. The molecule has 2 aromatic carbocycles. The Balaban J connectivity index is 1.49. The first kappa shape index (κ1) is 22.6. The Bertz CT molecular complexity index is 1070. The summed E-state index contributed by atoms with van der Waals surface area (Å²) in [5, 5.41) is 3.09. The zero-order valence-corrected chi connectivity index (χ0v) is 19.5. The van der Waals surface area contributed by atoms with E-state index in [4.69, 9.17) is 4.74 Å². The Hall–Kier alpha value is -2.54. The van der Waals surface area contributed by atoms with Crippen LogP contribution in [0, 0.1) is 0 Å². The van der Waals surface area contributed by atoms with Crippen LogP contribution in [-0.2, 0) is 20.3 Å². The van der Waals surface area contributed by atoms with E-state index in [1.165, 1.54) is 0 Å². The SMILES string of the molecule is CC1=C(CC(=O)NCCN2CCOCC2)c2ccccc2C1=Cc1ccc(S(C)=O)cc1. The van der Waals surface area contributed by atoms with Gasteiger partial charge in [0.25, 0.3) is 0 Å². The number of hydrogen-bond acceptors (Lipinski definition) is 4. The number of rotatable bonds is 7. The Morgan fingerprint density at radius 2 is 1.78 bits per heavy atom. The standard InChI is InChI=1S/C26H30N2O3S/c1-19-24(17-20-7-9-21(10-8-20)32(2)30)22-5-3-4-6-23(22)25(19)18-26(29)27-11-12-28-13-15-31-16-14-28/h3-10,17H,11-16,18H2,1-2H3,(H,27,29). The lowest BCUT2D eigenvalue weighted by molar-refractivity contribution is -0.120. The van der Waals surface area contributed by atoms with Gasteiger partial charge in [-0.2, -0.15) is 0 Å². The average molecular weight is 451 g/mol. The van der Waals surface area contributed by atoms with Crippen LogP contribution < -0.4 is 5.32 Å². The normalized spacial score (nSPS) is 18.6. The lowest BCUT2D eigenvalue weighted by atomic mass is 10.0. The smallest absolute Gasteiger partial charge is 0.224 e. The molecule has 5 nitrogen and oxygen atoms in total. The second-order valence-corrected chi connectivity index (χ2v) is 9.59. The fraction of sp³-hybridized carbons (Fsp3) is 0.346. The summed E-state index contributed by atoms with van der Waals surface area (Å²) in [6.07, 6.45) is 4.21. The summed E-state index contributed by atoms with van der Waals surface area (Å²) >= 11 is 0. The van der Waals surface area contributed by atoms with Gasteiger partial charge in [-0.05, 0) is 58.5 Å². The van der Waals surface area contributed by atoms with Crippen molar-refractivity contribution in [2.75, 3.05) is 45.6 Å². The van der Waals surface area contributed by atoms with Gasteiger partial charge in [-0.25, -0.2) is 0 Å². The third-order valence-corrected chi connectivity index (χ3v) is 7.05. The third kappa shape index (κ3) is 5.26. The van der Waals surface area contributed by atoms with Gasteiger partial charge in [0.15, 0.2) is 0 Å². The van der Waals surface area contributed by atoms with Crippen LogP contribution in [0.1, 0.15) is 30.0 Å². The molecule has 1 atom stereocenters. The minimum atomic E-state index is -0.985. The fourth-order valence-corrected chi connectivity index (χ4v) is 4.80. The van der Waals surface area contributed by atoms with Crippen molar-refractivity contribution in [1.29, 1.82) is 0 Å². The summed E-state index contributed by atoms with van der Waals surface area (Å²) in [6.45, 7) is 7.00. The summed E-state index contributed by atoms with van der Waals surface area (Å²) in [4.78, 5) is 15.9. The van der Waals surface area contributed by atoms with Crippen molar-refractivity contribution < 1.29 is 13.7 Å². The number of allylic oxidation sites excluding steroid dienone is 2. The van der Waals surface area contributed by atoms with Crippen LogP contribution >= 0.6 is 0 Å². The van der Waals surface area contributed by atoms with E-state index >= 15 is 0 Å². The quantitative estimate of drug-likeness (QED) is 0.700. The highest BCUT2D eigenvalue weighted by Gasteiger charge is 2.24. The van der Waals surface area contributed by atoms with Crippen LogP contribution in [0.2, 0.25) is 0 Å². The molecule has 1 heterocycles. The second-order valence-electron chi connectivity index (χ2n) is 8.21. The van der Waals surface area contributed by atoms with Crippen LogP contribution in [0.25, 0.3) is 17.2 Å². The minimum absolute atomic E-state index is 0.0541. The van der Waals surface area contributed by atoms with Crippen molar-refractivity contribution in [3.8, 4) is 0 Å². The fourth-order valence-electron chi connectivity index (χ4n) is 4.29. The van der Waals surface area contributed by atoms with E-state index in [0.29, 0.717) is 13.0 Å². The summed E-state index contributed by atoms with van der Waals surface area (Å²) in [5.41, 5.74) is 6.71. The molecule has 0 radical (unpaired) electrons. The summed E-state index contributed by atoms with van der Waals surface area (Å²) in [6, 6.07) is 16.1. The molecule has 0 aromatic heterocycles. The van der Waals surface area contributed by atoms with Crippen molar-refractivity contribution in [3.63, 3.8) is 0 Å². The molecule has 0 saturated carbocycles. The van der Waals surface area contributed by atoms with E-state index in [-0.39, 0.29) is 5.91 Å². The number of nitrogens with zero attached hydrogens (tertiary/aromatic N) is 1. The van der Waals surface area contributed by atoms with Crippen LogP contribution in [0.15, 0.2) is 59.0 Å². The minimum Gasteiger partial charge on any atom is -0.379 e. The third-order valence-electron chi connectivity index (χ3n) is 6.11. The number of benzene rings is 2. The van der Waals surface area contributed by atoms with Crippen LogP contribution in [0.4, 0.5) is 0 Å². The van der Waals surface area contributed by atoms with Gasteiger partial charge >= 0.3 is 0 Å². The molecule has 1 N–H and O–H groups in total. The number of nitrogens with one attached hydrogen (secondary N) is 1. The summed E-state index contributed by atoms with van der Waals surface area (Å²) in [5.74, 6) is 0.0541. The van der Waals surface area contributed by atoms with Crippen molar-refractivity contribution in [2.45, 2.75) is 18.2 Å². The van der Waals surface area contributed by atoms with Gasteiger partial charge in [0.1, 0.15) is 0 Å². The van der Waals surface area contributed by atoms with E-state index in [2.05, 4.69) is 35.3 Å². The highest BCUT2D eigenvalue weighted by atomic mass is 32.2. The first-order valence-electron chi connectivity index (χ1n) is 11.0. The number of ether oxygens (including phenoxy) is 1. The molecule has 6 heteroatoms. The zero-order chi connectivity index (χ0) is 22.5. The molecule has 1 aliphatic heterocycles. The maximum Gasteiger partial charge on any atom is 0.224 e. The number of morpholine rings is 1. The van der Waals surface area contributed by atoms with E-state index < -0.39 is 10.8 Å². The first-order valence-corrected chi connectivity index (χ1v) is 12.6. The number of carbonyl (C=O) groups excluding carboxylic acids is 1. The Labute approximate surface area is 192 Å². The summed E-state index contributed by atoms with van der Waals surface area (Å²) in [7, 11) is -0.985. The molecule has 1 aliphatic carbocycles. The molecular formula is C26H30N2O3S. The van der Waals surface area contributed by atoms with Gasteiger partial charge in [0, 0.05) is 48.1 Å². The Morgan fingerprint density at radius 1 is 1.09 bits per heavy atom. The molecule has 0 bridgehead atoms. The van der Waals surface area contributed by atoms with Crippen molar-refractivity contribution in [2.24, 2.45) is 0 Å². The monoisotopic (exact) mass is 450 g/mol. The average Bonchev–Trinajstić information content (AvgIpc) is 3.06. The lowest BCUT2D eigenvalue weighted by Gasteiger charge is -2.26. The topological polar surface area (TPSA) is 58.6 Å². The molecule has 2 aliphatic rings. The van der Waals surface area contributed by atoms with Crippen LogP contribution in [0.5, 0.6) is 0 Å². The largest absolute Gasteiger partial charge is 0.379 e. The van der Waals surface area contributed by atoms with Gasteiger partial charge in [-0.3, -0.25) is 13.9 Å². The van der Waals surface area contributed by atoms with Crippen molar-refractivity contribution in [3.05, 3.63) is 70.8 Å². The molecule has 168 valence electrons. The zero-order valence-electron chi connectivity index (χ0n) is 18.7. The van der Waals surface area contributed by atoms with E-state index in [0.717, 1.165) is 71.2 Å². The predicted octanol–water partition coefficient (Wildman–Crippen LogP) is 3.59. The Kier molecular flexibility index (Phi) is 7.35. The molecule has 4 rings (SSSR count). The van der Waals surface area contributed by atoms with Gasteiger partial charge in [-0.15, -0.1) is 0 Å². The van der Waals surface area contributed by atoms with E-state index in [1.807, 2.05) is 36.4 Å². The number of hydrogen-bond donors (Lipinski definition) is 1. The highest BCUT2D eigenvalue weighted by molar-refractivity contribution is 7.84. The van der Waals surface area contributed by atoms with Gasteiger partial charge in [0.05, 0.1) is 19.6 Å². The molecular weight excluding hydrogens is 420 g/mol. The van der Waals surface area contributed by atoms with Gasteiger partial charge in [-0.1, -0.05) is 36.4 Å². The maximum atomic E-state index is 12.7. The molecule has 1 amide bonds. The highest BCUT2D eigenvalue weighted by Crippen LogP contribution is 2.43. The number of amides is 1. The predicted molar refractivity (Wildman–Crippen MR) is 131 cm³/mol. The first-order chi connectivity index (χ1) is 15.5. The molecule has 32 heavy (non-hydrogen) atoms. The Morgan fingerprint density at radius 3 is 2.47 bits per heavy atom. The molecule has 2 aromatic rings. The maximum absolute atomic E-state index is 12.7.